The lowest BCUT2D eigenvalue weighted by atomic mass is 9.97. The number of amides is 1. The van der Waals surface area contributed by atoms with Crippen LogP contribution in [-0.4, -0.2) is 30.9 Å². The number of benzene rings is 1. The molecule has 1 atom stereocenters. The summed E-state index contributed by atoms with van der Waals surface area (Å²) in [5.74, 6) is -0.376. The highest BCUT2D eigenvalue weighted by Crippen LogP contribution is 2.30. The summed E-state index contributed by atoms with van der Waals surface area (Å²) in [7, 11) is 1.93. The van der Waals surface area contributed by atoms with Crippen molar-refractivity contribution in [3.8, 4) is 0 Å². The normalized spacial score (nSPS) is 20.7. The average Bonchev–Trinajstić information content (AvgIpc) is 2.38. The SMILES string of the molecule is CN1CCC[C@@H](C(=O)Nc2cccc(C(F)(F)F)c2)C1. The molecule has 1 fully saturated rings. The Balaban J connectivity index is 2.04. The van der Waals surface area contributed by atoms with Crippen LogP contribution in [0.2, 0.25) is 0 Å². The van der Waals surface area contributed by atoms with E-state index in [2.05, 4.69) is 10.2 Å². The van der Waals surface area contributed by atoms with Crippen molar-refractivity contribution in [2.24, 2.45) is 5.92 Å². The number of alkyl halides is 3. The van der Waals surface area contributed by atoms with Crippen LogP contribution in [0.3, 0.4) is 0 Å². The Morgan fingerprint density at radius 3 is 2.80 bits per heavy atom. The minimum Gasteiger partial charge on any atom is -0.326 e. The third-order valence-corrected chi connectivity index (χ3v) is 3.45. The van der Waals surface area contributed by atoms with E-state index in [-0.39, 0.29) is 17.5 Å². The van der Waals surface area contributed by atoms with E-state index < -0.39 is 11.7 Å². The third kappa shape index (κ3) is 3.72. The first kappa shape index (κ1) is 14.8. The van der Waals surface area contributed by atoms with Gasteiger partial charge >= 0.3 is 6.18 Å². The highest BCUT2D eigenvalue weighted by Gasteiger charge is 2.31. The number of carbonyl (C=O) groups excluding carboxylic acids is 1. The first-order valence-electron chi connectivity index (χ1n) is 6.53. The zero-order chi connectivity index (χ0) is 14.8. The highest BCUT2D eigenvalue weighted by atomic mass is 19.4. The number of nitrogens with one attached hydrogen (secondary N) is 1. The molecule has 1 saturated heterocycles. The fourth-order valence-corrected chi connectivity index (χ4v) is 2.40. The van der Waals surface area contributed by atoms with Crippen molar-refractivity contribution < 1.29 is 18.0 Å². The Kier molecular flexibility index (Phi) is 4.32. The zero-order valence-corrected chi connectivity index (χ0v) is 11.2. The van der Waals surface area contributed by atoms with Crippen LogP contribution in [0.25, 0.3) is 0 Å². The smallest absolute Gasteiger partial charge is 0.326 e. The predicted molar refractivity (Wildman–Crippen MR) is 70.3 cm³/mol. The number of halogens is 3. The van der Waals surface area contributed by atoms with E-state index in [0.29, 0.717) is 6.54 Å². The van der Waals surface area contributed by atoms with Crippen molar-refractivity contribution >= 4 is 11.6 Å². The van der Waals surface area contributed by atoms with E-state index in [0.717, 1.165) is 31.5 Å². The van der Waals surface area contributed by atoms with Gasteiger partial charge in [0.15, 0.2) is 0 Å². The minimum atomic E-state index is -4.40. The van der Waals surface area contributed by atoms with Gasteiger partial charge in [0.1, 0.15) is 0 Å². The second-order valence-electron chi connectivity index (χ2n) is 5.17. The van der Waals surface area contributed by atoms with Crippen LogP contribution >= 0.6 is 0 Å². The molecule has 0 spiro atoms. The summed E-state index contributed by atoms with van der Waals surface area (Å²) in [5, 5.41) is 2.58. The average molecular weight is 286 g/mol. The number of nitrogens with zero attached hydrogens (tertiary/aromatic N) is 1. The van der Waals surface area contributed by atoms with Gasteiger partial charge in [-0.2, -0.15) is 13.2 Å². The molecule has 1 aliphatic rings. The van der Waals surface area contributed by atoms with Crippen molar-refractivity contribution in [2.75, 3.05) is 25.5 Å². The second-order valence-corrected chi connectivity index (χ2v) is 5.17. The van der Waals surface area contributed by atoms with Crippen LogP contribution in [-0.2, 0) is 11.0 Å². The number of piperidine rings is 1. The van der Waals surface area contributed by atoms with Gasteiger partial charge in [-0.15, -0.1) is 0 Å². The van der Waals surface area contributed by atoms with Gasteiger partial charge in [-0.3, -0.25) is 4.79 Å². The van der Waals surface area contributed by atoms with Crippen LogP contribution < -0.4 is 5.32 Å². The summed E-state index contributed by atoms with van der Waals surface area (Å²) in [6.45, 7) is 1.60. The molecule has 0 aromatic heterocycles. The van der Waals surface area contributed by atoms with Crippen molar-refractivity contribution in [1.29, 1.82) is 0 Å². The minimum absolute atomic E-state index is 0.164. The van der Waals surface area contributed by atoms with Gasteiger partial charge in [-0.1, -0.05) is 6.07 Å². The number of carbonyl (C=O) groups is 1. The summed E-state index contributed by atoms with van der Waals surface area (Å²) in [5.41, 5.74) is -0.561. The van der Waals surface area contributed by atoms with Gasteiger partial charge in [0.25, 0.3) is 0 Å². The summed E-state index contributed by atoms with van der Waals surface area (Å²) < 4.78 is 37.8. The Morgan fingerprint density at radius 2 is 2.15 bits per heavy atom. The number of likely N-dealkylation sites (tertiary alicyclic amines) is 1. The number of anilines is 1. The van der Waals surface area contributed by atoms with E-state index in [9.17, 15) is 18.0 Å². The maximum Gasteiger partial charge on any atom is 0.416 e. The Labute approximate surface area is 115 Å². The first-order chi connectivity index (χ1) is 9.36. The largest absolute Gasteiger partial charge is 0.416 e. The molecule has 1 aromatic rings. The van der Waals surface area contributed by atoms with E-state index in [1.54, 1.807) is 0 Å². The predicted octanol–water partition coefficient (Wildman–Crippen LogP) is 2.99. The fraction of sp³-hybridized carbons (Fsp3) is 0.500. The highest BCUT2D eigenvalue weighted by molar-refractivity contribution is 5.92. The molecule has 1 aromatic carbocycles. The lowest BCUT2D eigenvalue weighted by molar-refractivity contribution is -0.137. The summed E-state index contributed by atoms with van der Waals surface area (Å²) in [6, 6.07) is 4.72. The van der Waals surface area contributed by atoms with E-state index >= 15 is 0 Å². The Bertz CT molecular complexity index is 488. The molecule has 0 saturated carbocycles. The molecular weight excluding hydrogens is 269 g/mol. The molecule has 2 rings (SSSR count). The summed E-state index contributed by atoms with van der Waals surface area (Å²) >= 11 is 0. The van der Waals surface area contributed by atoms with Crippen molar-refractivity contribution in [1.82, 2.24) is 4.90 Å². The molecule has 0 unspecified atom stereocenters. The molecule has 1 aliphatic heterocycles. The van der Waals surface area contributed by atoms with Gasteiger partial charge < -0.3 is 10.2 Å². The van der Waals surface area contributed by atoms with Crippen LogP contribution in [0.5, 0.6) is 0 Å². The molecule has 0 aliphatic carbocycles. The molecule has 110 valence electrons. The maximum absolute atomic E-state index is 12.6. The molecule has 3 nitrogen and oxygen atoms in total. The quantitative estimate of drug-likeness (QED) is 0.906. The van der Waals surface area contributed by atoms with Gasteiger partial charge in [0.05, 0.1) is 11.5 Å². The number of hydrogen-bond acceptors (Lipinski definition) is 2. The van der Waals surface area contributed by atoms with Gasteiger partial charge in [-0.25, -0.2) is 0 Å². The molecule has 20 heavy (non-hydrogen) atoms. The number of rotatable bonds is 2. The van der Waals surface area contributed by atoms with Crippen LogP contribution in [0.15, 0.2) is 24.3 Å². The third-order valence-electron chi connectivity index (χ3n) is 3.45. The van der Waals surface area contributed by atoms with Crippen molar-refractivity contribution in [3.63, 3.8) is 0 Å². The van der Waals surface area contributed by atoms with Gasteiger partial charge in [0, 0.05) is 12.2 Å². The molecular formula is C14H17F3N2O. The zero-order valence-electron chi connectivity index (χ0n) is 11.2. The molecule has 1 amide bonds. The lowest BCUT2D eigenvalue weighted by Crippen LogP contribution is -2.38. The molecule has 0 radical (unpaired) electrons. The van der Waals surface area contributed by atoms with Crippen LogP contribution in [0, 0.1) is 5.92 Å². The topological polar surface area (TPSA) is 32.3 Å². The van der Waals surface area contributed by atoms with E-state index in [1.165, 1.54) is 12.1 Å². The van der Waals surface area contributed by atoms with E-state index in [4.69, 9.17) is 0 Å². The Hall–Kier alpha value is -1.56. The molecule has 1 heterocycles. The van der Waals surface area contributed by atoms with E-state index in [1.807, 2.05) is 7.05 Å². The summed E-state index contributed by atoms with van der Waals surface area (Å²) in [4.78, 5) is 14.1. The van der Waals surface area contributed by atoms with Crippen molar-refractivity contribution in [3.05, 3.63) is 29.8 Å². The number of hydrogen-bond donors (Lipinski definition) is 1. The first-order valence-corrected chi connectivity index (χ1v) is 6.53. The maximum atomic E-state index is 12.6. The molecule has 6 heteroatoms. The second kappa shape index (κ2) is 5.83. The molecule has 1 N–H and O–H groups in total. The van der Waals surface area contributed by atoms with Gasteiger partial charge in [0.2, 0.25) is 5.91 Å². The molecule has 0 bridgehead atoms. The summed E-state index contributed by atoms with van der Waals surface area (Å²) in [6.07, 6.45) is -2.70. The Morgan fingerprint density at radius 1 is 1.40 bits per heavy atom. The van der Waals surface area contributed by atoms with Crippen LogP contribution in [0.1, 0.15) is 18.4 Å². The standard InChI is InChI=1S/C14H17F3N2O/c1-19-7-3-4-10(9-19)13(20)18-12-6-2-5-11(8-12)14(15,16)17/h2,5-6,8,10H,3-4,7,9H2,1H3,(H,18,20)/t10-/m1/s1. The van der Waals surface area contributed by atoms with Crippen LogP contribution in [0.4, 0.5) is 18.9 Å². The lowest BCUT2D eigenvalue weighted by Gasteiger charge is -2.28. The fourth-order valence-electron chi connectivity index (χ4n) is 2.40. The van der Waals surface area contributed by atoms with Crippen molar-refractivity contribution in [2.45, 2.75) is 19.0 Å². The monoisotopic (exact) mass is 286 g/mol. The van der Waals surface area contributed by atoms with Gasteiger partial charge in [-0.05, 0) is 44.6 Å².